The molecule has 4 aromatic heterocycles. The van der Waals surface area contributed by atoms with Gasteiger partial charge in [0.05, 0.1) is 18.6 Å². The Morgan fingerprint density at radius 1 is 1.12 bits per heavy atom. The Balaban J connectivity index is 1.40. The lowest BCUT2D eigenvalue weighted by Crippen LogP contribution is -2.11. The van der Waals surface area contributed by atoms with Crippen LogP contribution in [0, 0.1) is 0 Å². The number of nitrogens with one attached hydrogen (secondary N) is 1. The molecule has 0 amide bonds. The maximum Gasteiger partial charge on any atom is 0.163 e. The lowest BCUT2D eigenvalue weighted by atomic mass is 10.1. The molecule has 0 atom stereocenters. The summed E-state index contributed by atoms with van der Waals surface area (Å²) in [6, 6.07) is 4.00. The summed E-state index contributed by atoms with van der Waals surface area (Å²) in [5.74, 6) is 0.620. The quantitative estimate of drug-likeness (QED) is 0.287. The Morgan fingerprint density at radius 2 is 2.03 bits per heavy atom. The smallest absolute Gasteiger partial charge is 0.163 e. The van der Waals surface area contributed by atoms with Crippen molar-refractivity contribution in [1.82, 2.24) is 29.7 Å². The summed E-state index contributed by atoms with van der Waals surface area (Å²) in [5, 5.41) is 6.52. The van der Waals surface area contributed by atoms with Crippen LogP contribution in [0.4, 0.5) is 5.82 Å². The van der Waals surface area contributed by atoms with Crippen LogP contribution in [0.2, 0.25) is 0 Å². The molecule has 0 unspecified atom stereocenters. The summed E-state index contributed by atoms with van der Waals surface area (Å²) in [5.41, 5.74) is 14.7. The molecule has 0 bridgehead atoms. The average Bonchev–Trinajstić information content (AvgIpc) is 3.41. The van der Waals surface area contributed by atoms with E-state index >= 15 is 0 Å². The fourth-order valence-electron chi connectivity index (χ4n) is 3.71. The van der Waals surface area contributed by atoms with E-state index in [2.05, 4.69) is 19.9 Å². The minimum absolute atomic E-state index is 0.224. The number of hydrogen-bond donors (Lipinski definition) is 3. The lowest BCUT2D eigenvalue weighted by molar-refractivity contribution is -0.120. The topological polar surface area (TPSA) is 151 Å². The number of hydrogen-bond acceptors (Lipinski definition) is 8. The van der Waals surface area contributed by atoms with Gasteiger partial charge in [0.2, 0.25) is 0 Å². The maximum atomic E-state index is 11.9. The number of ether oxygens (including phenoxy) is 1. The molecule has 4 aromatic rings. The van der Waals surface area contributed by atoms with Gasteiger partial charge < -0.3 is 21.2 Å². The van der Waals surface area contributed by atoms with Gasteiger partial charge in [-0.2, -0.15) is 5.10 Å². The van der Waals surface area contributed by atoms with Gasteiger partial charge in [0.15, 0.2) is 5.65 Å². The second-order valence-electron chi connectivity index (χ2n) is 7.67. The van der Waals surface area contributed by atoms with Crippen LogP contribution in [0.25, 0.3) is 33.3 Å². The number of unbranched alkanes of at least 4 members (excludes halogenated alkanes) is 2. The zero-order valence-corrected chi connectivity index (χ0v) is 18.0. The number of carbonyl (C=O) groups excluding carboxylic acids is 1. The molecular formula is C22H28N8O2. The molecule has 10 nitrogen and oxygen atoms in total. The number of nitrogens with two attached hydrogens (primary N) is 2. The largest absolute Gasteiger partial charge is 0.383 e. The van der Waals surface area contributed by atoms with Gasteiger partial charge in [-0.25, -0.2) is 19.6 Å². The fourth-order valence-corrected chi connectivity index (χ4v) is 3.71. The molecule has 32 heavy (non-hydrogen) atoms. The number of nitrogens with zero attached hydrogens (tertiary/aromatic N) is 5. The molecule has 0 aliphatic heterocycles. The Hall–Kier alpha value is -3.37. The van der Waals surface area contributed by atoms with Crippen LogP contribution in [0.3, 0.4) is 0 Å². The van der Waals surface area contributed by atoms with Gasteiger partial charge in [-0.3, -0.25) is 4.79 Å². The third-order valence-corrected chi connectivity index (χ3v) is 5.35. The maximum absolute atomic E-state index is 11.9. The summed E-state index contributed by atoms with van der Waals surface area (Å²) in [4.78, 5) is 28.1. The van der Waals surface area contributed by atoms with Crippen molar-refractivity contribution in [2.75, 3.05) is 25.5 Å². The number of ketones is 1. The molecule has 0 aromatic carbocycles. The molecule has 0 radical (unpaired) electrons. The minimum atomic E-state index is 0.224. The van der Waals surface area contributed by atoms with Crippen molar-refractivity contribution in [3.8, 4) is 11.3 Å². The monoisotopic (exact) mass is 436 g/mol. The van der Waals surface area contributed by atoms with Crippen LogP contribution in [-0.2, 0) is 16.1 Å². The van der Waals surface area contributed by atoms with E-state index in [1.54, 1.807) is 6.20 Å². The van der Waals surface area contributed by atoms with Crippen molar-refractivity contribution in [3.05, 3.63) is 30.9 Å². The highest BCUT2D eigenvalue weighted by molar-refractivity contribution is 5.99. The molecule has 5 N–H and O–H groups in total. The molecule has 10 heteroatoms. The van der Waals surface area contributed by atoms with Gasteiger partial charge >= 0.3 is 0 Å². The van der Waals surface area contributed by atoms with E-state index < -0.39 is 0 Å². The van der Waals surface area contributed by atoms with E-state index in [-0.39, 0.29) is 5.78 Å². The molecule has 0 saturated carbocycles. The predicted molar refractivity (Wildman–Crippen MR) is 123 cm³/mol. The van der Waals surface area contributed by atoms with Crippen LogP contribution < -0.4 is 11.5 Å². The van der Waals surface area contributed by atoms with Crippen LogP contribution in [0.1, 0.15) is 32.1 Å². The van der Waals surface area contributed by atoms with Crippen molar-refractivity contribution in [2.24, 2.45) is 5.73 Å². The fraction of sp³-hybridized carbons (Fsp3) is 0.409. The SMILES string of the molecule is NCCOCCC(=O)CCCCCn1nc(-c2cnc3[nH]ccc3c2)c2c(N)ncnc21. The number of aromatic amines is 1. The van der Waals surface area contributed by atoms with E-state index in [1.165, 1.54) is 6.33 Å². The first-order valence-electron chi connectivity index (χ1n) is 10.9. The summed E-state index contributed by atoms with van der Waals surface area (Å²) in [6.45, 7) is 2.10. The van der Waals surface area contributed by atoms with Crippen LogP contribution in [0.15, 0.2) is 30.9 Å². The lowest BCUT2D eigenvalue weighted by Gasteiger charge is -2.04. The van der Waals surface area contributed by atoms with E-state index in [4.69, 9.17) is 21.3 Å². The Bertz CT molecular complexity index is 1200. The second kappa shape index (κ2) is 10.3. The van der Waals surface area contributed by atoms with Crippen LogP contribution in [0.5, 0.6) is 0 Å². The Kier molecular flexibility index (Phi) is 7.03. The highest BCUT2D eigenvalue weighted by atomic mass is 16.5. The highest BCUT2D eigenvalue weighted by Gasteiger charge is 2.17. The second-order valence-corrected chi connectivity index (χ2v) is 7.67. The molecule has 4 rings (SSSR count). The predicted octanol–water partition coefficient (Wildman–Crippen LogP) is 2.45. The van der Waals surface area contributed by atoms with Crippen molar-refractivity contribution in [1.29, 1.82) is 0 Å². The van der Waals surface area contributed by atoms with Gasteiger partial charge in [-0.05, 0) is 25.0 Å². The number of fused-ring (bicyclic) bond motifs is 2. The van der Waals surface area contributed by atoms with Crippen molar-refractivity contribution in [2.45, 2.75) is 38.6 Å². The summed E-state index contributed by atoms with van der Waals surface area (Å²) < 4.78 is 7.13. The molecule has 0 saturated heterocycles. The first kappa shape index (κ1) is 21.8. The number of rotatable bonds is 12. The number of nitrogen functional groups attached to an aromatic ring is 1. The standard InChI is InChI=1S/C22H28N8O2/c23-7-11-32-10-6-17(31)4-2-1-3-9-30-22-18(20(24)27-14-28-22)19(29-30)16-12-15-5-8-25-21(15)26-13-16/h5,8,12-14H,1-4,6-7,9-11,23H2,(H,25,26)(H2,24,27,28). The Labute approximate surface area is 185 Å². The van der Waals surface area contributed by atoms with Gasteiger partial charge in [0.25, 0.3) is 0 Å². The molecule has 0 fully saturated rings. The number of anilines is 1. The molecule has 0 aliphatic carbocycles. The molecule has 0 aliphatic rings. The first-order valence-corrected chi connectivity index (χ1v) is 10.9. The molecule has 168 valence electrons. The third-order valence-electron chi connectivity index (χ3n) is 5.35. The van der Waals surface area contributed by atoms with Crippen molar-refractivity contribution in [3.63, 3.8) is 0 Å². The number of aromatic nitrogens is 6. The zero-order valence-electron chi connectivity index (χ0n) is 18.0. The highest BCUT2D eigenvalue weighted by Crippen LogP contribution is 2.31. The number of pyridine rings is 1. The summed E-state index contributed by atoms with van der Waals surface area (Å²) >= 11 is 0. The zero-order chi connectivity index (χ0) is 22.3. The summed E-state index contributed by atoms with van der Waals surface area (Å²) in [7, 11) is 0. The number of carbonyl (C=O) groups is 1. The van der Waals surface area contributed by atoms with Gasteiger partial charge in [0, 0.05) is 49.3 Å². The molecule has 4 heterocycles. The van der Waals surface area contributed by atoms with E-state index in [1.807, 2.05) is 23.0 Å². The van der Waals surface area contributed by atoms with Gasteiger partial charge in [0.1, 0.15) is 29.3 Å². The van der Waals surface area contributed by atoms with Crippen LogP contribution >= 0.6 is 0 Å². The first-order chi connectivity index (χ1) is 15.7. The molecular weight excluding hydrogens is 408 g/mol. The molecule has 0 spiro atoms. The Morgan fingerprint density at radius 3 is 2.91 bits per heavy atom. The van der Waals surface area contributed by atoms with Crippen LogP contribution in [-0.4, -0.2) is 55.3 Å². The van der Waals surface area contributed by atoms with Gasteiger partial charge in [-0.15, -0.1) is 0 Å². The third kappa shape index (κ3) is 4.92. The van der Waals surface area contributed by atoms with Gasteiger partial charge in [-0.1, -0.05) is 6.42 Å². The van der Waals surface area contributed by atoms with Crippen molar-refractivity contribution < 1.29 is 9.53 Å². The summed E-state index contributed by atoms with van der Waals surface area (Å²) in [6.07, 6.45) is 8.74. The average molecular weight is 437 g/mol. The van der Waals surface area contributed by atoms with E-state index in [9.17, 15) is 4.79 Å². The van der Waals surface area contributed by atoms with E-state index in [0.717, 1.165) is 46.9 Å². The number of Topliss-reactive ketones (excluding diaryl/α,β-unsaturated/α-hetero) is 1. The van der Waals surface area contributed by atoms with E-state index in [0.29, 0.717) is 50.6 Å². The minimum Gasteiger partial charge on any atom is -0.383 e. The van der Waals surface area contributed by atoms with Crippen molar-refractivity contribution >= 4 is 33.7 Å². The normalized spacial score (nSPS) is 11.5. The number of aryl methyl sites for hydroxylation is 1. The number of H-pyrrole nitrogens is 1.